The van der Waals surface area contributed by atoms with Gasteiger partial charge in [0.05, 0.1) is 22.6 Å². The van der Waals surface area contributed by atoms with Crippen LogP contribution in [-0.4, -0.2) is 37.4 Å². The third-order valence-corrected chi connectivity index (χ3v) is 8.91. The van der Waals surface area contributed by atoms with E-state index in [4.69, 9.17) is 5.10 Å². The molecule has 4 aliphatic rings. The average molecular weight is 458 g/mol. The minimum absolute atomic E-state index is 0.0563. The highest BCUT2D eigenvalue weighted by molar-refractivity contribution is 5.95. The Morgan fingerprint density at radius 3 is 2.21 bits per heavy atom. The molecule has 1 amide bonds. The third-order valence-electron chi connectivity index (χ3n) is 8.91. The summed E-state index contributed by atoms with van der Waals surface area (Å²) in [5, 5.41) is 9.72. The summed E-state index contributed by atoms with van der Waals surface area (Å²) in [7, 11) is 3.88. The zero-order valence-corrected chi connectivity index (χ0v) is 20.8. The number of benzene rings is 1. The Balaban J connectivity index is 1.40. The first-order valence-corrected chi connectivity index (χ1v) is 12.7. The highest BCUT2D eigenvalue weighted by Gasteiger charge is 2.54. The van der Waals surface area contributed by atoms with E-state index in [2.05, 4.69) is 24.2 Å². The molecule has 2 heterocycles. The van der Waals surface area contributed by atoms with Gasteiger partial charge in [0.2, 0.25) is 0 Å². The maximum atomic E-state index is 14.0. The van der Waals surface area contributed by atoms with Crippen LogP contribution in [0.1, 0.15) is 71.5 Å². The summed E-state index contributed by atoms with van der Waals surface area (Å²) in [5.41, 5.74) is 6.12. The molecule has 4 bridgehead atoms. The molecule has 3 aromatic rings. The molecule has 7 rings (SSSR count). The molecule has 0 atom stereocenters. The zero-order valence-electron chi connectivity index (χ0n) is 20.8. The molecular weight excluding hydrogens is 422 g/mol. The minimum Gasteiger partial charge on any atom is -0.337 e. The summed E-state index contributed by atoms with van der Waals surface area (Å²) in [6.45, 7) is 4.65. The summed E-state index contributed by atoms with van der Waals surface area (Å²) in [4.78, 5) is 15.8. The van der Waals surface area contributed by atoms with Gasteiger partial charge < -0.3 is 4.90 Å². The van der Waals surface area contributed by atoms with Crippen molar-refractivity contribution in [3.05, 3.63) is 64.7 Å². The van der Waals surface area contributed by atoms with Gasteiger partial charge in [-0.25, -0.2) is 4.68 Å². The fraction of sp³-hybridized carbons (Fsp3) is 0.536. The van der Waals surface area contributed by atoms with E-state index in [1.54, 1.807) is 0 Å². The number of aromatic nitrogens is 4. The summed E-state index contributed by atoms with van der Waals surface area (Å²) >= 11 is 0. The molecule has 2 aromatic heterocycles. The molecule has 6 nitrogen and oxygen atoms in total. The highest BCUT2D eigenvalue weighted by atomic mass is 16.2. The maximum Gasteiger partial charge on any atom is 0.257 e. The van der Waals surface area contributed by atoms with E-state index in [-0.39, 0.29) is 11.3 Å². The smallest absolute Gasteiger partial charge is 0.257 e. The molecule has 34 heavy (non-hydrogen) atoms. The standard InChI is InChI=1S/C28H35N5O/c1-18-24(19(2)32(4)29-18)16-31(3)27(34)25-17-33(23-8-6-5-7-9-23)30-26(25)28-13-20-10-21(14-28)12-22(11-20)15-28/h5-9,17,20-22H,10-16H2,1-4H3. The SMILES string of the molecule is Cc1nn(C)c(C)c1CN(C)C(=O)c1cn(-c2ccccc2)nc1C12CC3CC(CC(C3)C1)C2. The Kier molecular flexibility index (Phi) is 4.98. The van der Waals surface area contributed by atoms with Gasteiger partial charge in [-0.15, -0.1) is 0 Å². The van der Waals surface area contributed by atoms with Gasteiger partial charge >= 0.3 is 0 Å². The van der Waals surface area contributed by atoms with Crippen molar-refractivity contribution in [2.75, 3.05) is 7.05 Å². The van der Waals surface area contributed by atoms with Crippen molar-refractivity contribution in [2.24, 2.45) is 24.8 Å². The molecule has 0 aliphatic heterocycles. The number of hydrogen-bond acceptors (Lipinski definition) is 3. The highest BCUT2D eigenvalue weighted by Crippen LogP contribution is 2.61. The van der Waals surface area contributed by atoms with Crippen LogP contribution in [-0.2, 0) is 19.0 Å². The molecule has 4 fully saturated rings. The fourth-order valence-electron chi connectivity index (χ4n) is 7.60. The van der Waals surface area contributed by atoms with Crippen LogP contribution in [0.5, 0.6) is 0 Å². The minimum atomic E-state index is 0.0563. The lowest BCUT2D eigenvalue weighted by Gasteiger charge is -2.56. The van der Waals surface area contributed by atoms with E-state index < -0.39 is 0 Å². The number of aryl methyl sites for hydroxylation is 2. The number of rotatable bonds is 5. The molecule has 4 saturated carbocycles. The molecule has 0 unspecified atom stereocenters. The van der Waals surface area contributed by atoms with Crippen LogP contribution in [0, 0.1) is 31.6 Å². The van der Waals surface area contributed by atoms with E-state index in [0.29, 0.717) is 6.54 Å². The van der Waals surface area contributed by atoms with Gasteiger partial charge in [0.25, 0.3) is 5.91 Å². The molecule has 0 N–H and O–H groups in total. The van der Waals surface area contributed by atoms with Gasteiger partial charge in [0, 0.05) is 43.5 Å². The van der Waals surface area contributed by atoms with Crippen LogP contribution in [0.3, 0.4) is 0 Å². The van der Waals surface area contributed by atoms with E-state index in [1.807, 2.05) is 59.7 Å². The maximum absolute atomic E-state index is 14.0. The average Bonchev–Trinajstić information content (AvgIpc) is 3.36. The quantitative estimate of drug-likeness (QED) is 0.544. The van der Waals surface area contributed by atoms with Gasteiger partial charge in [-0.05, 0) is 82.3 Å². The van der Waals surface area contributed by atoms with Crippen molar-refractivity contribution >= 4 is 5.91 Å². The second-order valence-electron chi connectivity index (χ2n) is 11.3. The number of hydrogen-bond donors (Lipinski definition) is 0. The fourth-order valence-corrected chi connectivity index (χ4v) is 7.60. The van der Waals surface area contributed by atoms with Crippen LogP contribution in [0.2, 0.25) is 0 Å². The predicted octanol–water partition coefficient (Wildman–Crippen LogP) is 4.96. The summed E-state index contributed by atoms with van der Waals surface area (Å²) in [6.07, 6.45) is 9.69. The first kappa shape index (κ1) is 21.6. The summed E-state index contributed by atoms with van der Waals surface area (Å²) in [6, 6.07) is 10.2. The molecule has 4 aliphatic carbocycles. The number of amides is 1. The van der Waals surface area contributed by atoms with Crippen molar-refractivity contribution < 1.29 is 4.79 Å². The van der Waals surface area contributed by atoms with Crippen molar-refractivity contribution in [3.63, 3.8) is 0 Å². The van der Waals surface area contributed by atoms with Gasteiger partial charge in [-0.3, -0.25) is 9.48 Å². The predicted molar refractivity (Wildman–Crippen MR) is 132 cm³/mol. The first-order chi connectivity index (χ1) is 16.3. The van der Waals surface area contributed by atoms with Gasteiger partial charge in [-0.1, -0.05) is 18.2 Å². The van der Waals surface area contributed by atoms with Crippen LogP contribution >= 0.6 is 0 Å². The summed E-state index contributed by atoms with van der Waals surface area (Å²) < 4.78 is 3.84. The zero-order chi connectivity index (χ0) is 23.6. The van der Waals surface area contributed by atoms with Crippen molar-refractivity contribution in [1.29, 1.82) is 0 Å². The van der Waals surface area contributed by atoms with Crippen LogP contribution < -0.4 is 0 Å². The Hall–Kier alpha value is -2.89. The number of para-hydroxylation sites is 1. The van der Waals surface area contributed by atoms with Crippen LogP contribution in [0.25, 0.3) is 5.69 Å². The van der Waals surface area contributed by atoms with E-state index in [9.17, 15) is 4.79 Å². The van der Waals surface area contributed by atoms with Gasteiger partial charge in [-0.2, -0.15) is 10.2 Å². The molecule has 1 aromatic carbocycles. The lowest BCUT2D eigenvalue weighted by Crippen LogP contribution is -2.49. The molecule has 0 radical (unpaired) electrons. The summed E-state index contributed by atoms with van der Waals surface area (Å²) in [5.74, 6) is 2.47. The normalized spacial score (nSPS) is 27.4. The molecule has 178 valence electrons. The lowest BCUT2D eigenvalue weighted by atomic mass is 9.48. The molecule has 0 spiro atoms. The van der Waals surface area contributed by atoms with Crippen molar-refractivity contribution in [2.45, 2.75) is 64.3 Å². The lowest BCUT2D eigenvalue weighted by molar-refractivity contribution is -0.00783. The Morgan fingerprint density at radius 2 is 1.65 bits per heavy atom. The van der Waals surface area contributed by atoms with E-state index in [1.165, 1.54) is 38.5 Å². The molecule has 6 heteroatoms. The second-order valence-corrected chi connectivity index (χ2v) is 11.3. The van der Waals surface area contributed by atoms with Crippen LogP contribution in [0.4, 0.5) is 0 Å². The van der Waals surface area contributed by atoms with Gasteiger partial charge in [0.1, 0.15) is 0 Å². The topological polar surface area (TPSA) is 56.0 Å². The first-order valence-electron chi connectivity index (χ1n) is 12.7. The van der Waals surface area contributed by atoms with Crippen LogP contribution in [0.15, 0.2) is 36.5 Å². The Morgan fingerprint density at radius 1 is 1.03 bits per heavy atom. The molecular formula is C28H35N5O. The number of carbonyl (C=O) groups excluding carboxylic acids is 1. The van der Waals surface area contributed by atoms with E-state index in [0.717, 1.165) is 51.6 Å². The van der Waals surface area contributed by atoms with E-state index >= 15 is 0 Å². The Labute approximate surface area is 202 Å². The van der Waals surface area contributed by atoms with Crippen molar-refractivity contribution in [1.82, 2.24) is 24.5 Å². The van der Waals surface area contributed by atoms with Gasteiger partial charge in [0.15, 0.2) is 0 Å². The number of nitrogens with zero attached hydrogens (tertiary/aromatic N) is 5. The van der Waals surface area contributed by atoms with Crippen molar-refractivity contribution in [3.8, 4) is 5.69 Å². The Bertz CT molecular complexity index is 1200. The third kappa shape index (κ3) is 3.41. The molecule has 0 saturated heterocycles. The number of carbonyl (C=O) groups is 1. The largest absolute Gasteiger partial charge is 0.337 e. The second kappa shape index (κ2) is 7.82. The monoisotopic (exact) mass is 457 g/mol.